The van der Waals surface area contributed by atoms with Crippen molar-refractivity contribution in [2.24, 2.45) is 0 Å². The van der Waals surface area contributed by atoms with Crippen LogP contribution in [-0.2, 0) is 17.8 Å². The van der Waals surface area contributed by atoms with Crippen molar-refractivity contribution >= 4 is 5.97 Å². The van der Waals surface area contributed by atoms with Crippen LogP contribution in [0.4, 0.5) is 4.39 Å². The van der Waals surface area contributed by atoms with E-state index in [1.54, 1.807) is 12.3 Å². The minimum Gasteiger partial charge on any atom is -0.481 e. The molecule has 0 unspecified atom stereocenters. The van der Waals surface area contributed by atoms with Gasteiger partial charge >= 0.3 is 5.97 Å². The van der Waals surface area contributed by atoms with Crippen molar-refractivity contribution in [3.05, 3.63) is 18.0 Å². The first-order valence-electron chi connectivity index (χ1n) is 4.02. The maximum Gasteiger partial charge on any atom is 0.303 e. The second-order valence-corrected chi connectivity index (χ2v) is 2.63. The van der Waals surface area contributed by atoms with Crippen molar-refractivity contribution in [3.8, 4) is 0 Å². The molecule has 0 aliphatic heterocycles. The molecule has 0 fully saturated rings. The van der Waals surface area contributed by atoms with Gasteiger partial charge in [0.2, 0.25) is 0 Å². The van der Waals surface area contributed by atoms with Crippen molar-refractivity contribution in [1.29, 1.82) is 0 Å². The zero-order valence-electron chi connectivity index (χ0n) is 7.11. The molecule has 4 nitrogen and oxygen atoms in total. The fourth-order valence-electron chi connectivity index (χ4n) is 1.09. The van der Waals surface area contributed by atoms with E-state index in [0.717, 1.165) is 5.69 Å². The van der Waals surface area contributed by atoms with Crippen LogP contribution in [0.5, 0.6) is 0 Å². The van der Waals surface area contributed by atoms with Crippen molar-refractivity contribution in [2.75, 3.05) is 6.67 Å². The third-order valence-electron chi connectivity index (χ3n) is 1.70. The van der Waals surface area contributed by atoms with Gasteiger partial charge in [0.1, 0.15) is 6.67 Å². The van der Waals surface area contributed by atoms with Gasteiger partial charge in [-0.25, -0.2) is 4.39 Å². The summed E-state index contributed by atoms with van der Waals surface area (Å²) in [6, 6.07) is 1.71. The lowest BCUT2D eigenvalue weighted by atomic mass is 10.2. The summed E-state index contributed by atoms with van der Waals surface area (Å²) in [5.74, 6) is -0.854. The van der Waals surface area contributed by atoms with E-state index in [-0.39, 0.29) is 13.0 Å². The van der Waals surface area contributed by atoms with E-state index in [4.69, 9.17) is 5.11 Å². The molecule has 0 atom stereocenters. The van der Waals surface area contributed by atoms with E-state index in [1.807, 2.05) is 0 Å². The Morgan fingerprint density at radius 1 is 1.69 bits per heavy atom. The van der Waals surface area contributed by atoms with Gasteiger partial charge in [-0.1, -0.05) is 0 Å². The third-order valence-corrected chi connectivity index (χ3v) is 1.70. The van der Waals surface area contributed by atoms with E-state index in [9.17, 15) is 9.18 Å². The standard InChI is InChI=1S/C8H11FN2O2/c9-4-6-11-7(3-5-10-11)1-2-8(12)13/h3,5H,1-2,4,6H2,(H,12,13). The number of aliphatic carboxylic acids is 1. The zero-order chi connectivity index (χ0) is 9.68. The van der Waals surface area contributed by atoms with E-state index >= 15 is 0 Å². The lowest BCUT2D eigenvalue weighted by molar-refractivity contribution is -0.136. The summed E-state index contributed by atoms with van der Waals surface area (Å²) in [5.41, 5.74) is 0.764. The summed E-state index contributed by atoms with van der Waals surface area (Å²) >= 11 is 0. The Labute approximate surface area is 75.0 Å². The highest BCUT2D eigenvalue weighted by atomic mass is 19.1. The monoisotopic (exact) mass is 186 g/mol. The van der Waals surface area contributed by atoms with Gasteiger partial charge in [-0.05, 0) is 12.5 Å². The molecule has 0 spiro atoms. The lowest BCUT2D eigenvalue weighted by Crippen LogP contribution is -2.08. The van der Waals surface area contributed by atoms with Gasteiger partial charge in [0, 0.05) is 11.9 Å². The van der Waals surface area contributed by atoms with Crippen LogP contribution >= 0.6 is 0 Å². The van der Waals surface area contributed by atoms with Gasteiger partial charge in [-0.3, -0.25) is 9.48 Å². The summed E-state index contributed by atoms with van der Waals surface area (Å²) in [5, 5.41) is 12.3. The second-order valence-electron chi connectivity index (χ2n) is 2.63. The fraction of sp³-hybridized carbons (Fsp3) is 0.500. The topological polar surface area (TPSA) is 55.1 Å². The molecular weight excluding hydrogens is 175 g/mol. The smallest absolute Gasteiger partial charge is 0.303 e. The molecule has 0 saturated heterocycles. The maximum absolute atomic E-state index is 12.0. The fourth-order valence-corrected chi connectivity index (χ4v) is 1.09. The number of nitrogens with zero attached hydrogens (tertiary/aromatic N) is 2. The molecular formula is C8H11FN2O2. The molecule has 5 heteroatoms. The lowest BCUT2D eigenvalue weighted by Gasteiger charge is -2.02. The molecule has 0 aromatic carbocycles. The number of hydrogen-bond acceptors (Lipinski definition) is 2. The number of carboxylic acids is 1. The van der Waals surface area contributed by atoms with Gasteiger partial charge in [0.15, 0.2) is 0 Å². The van der Waals surface area contributed by atoms with Crippen LogP contribution in [0.25, 0.3) is 0 Å². The predicted molar refractivity (Wildman–Crippen MR) is 44.2 cm³/mol. The minimum absolute atomic E-state index is 0.0536. The summed E-state index contributed by atoms with van der Waals surface area (Å²) in [7, 11) is 0. The van der Waals surface area contributed by atoms with Crippen LogP contribution < -0.4 is 0 Å². The third kappa shape index (κ3) is 2.85. The first-order chi connectivity index (χ1) is 6.24. The van der Waals surface area contributed by atoms with E-state index in [1.165, 1.54) is 4.68 Å². The molecule has 1 N–H and O–H groups in total. The SMILES string of the molecule is O=C(O)CCc1ccnn1CCF. The Morgan fingerprint density at radius 2 is 2.46 bits per heavy atom. The summed E-state index contributed by atoms with van der Waals surface area (Å²) in [6.07, 6.45) is 2.00. The number of alkyl halides is 1. The minimum atomic E-state index is -0.854. The number of aryl methyl sites for hydroxylation is 2. The highest BCUT2D eigenvalue weighted by Gasteiger charge is 2.04. The van der Waals surface area contributed by atoms with Crippen LogP contribution in [0.3, 0.4) is 0 Å². The molecule has 1 aromatic rings. The molecule has 0 radical (unpaired) electrons. The van der Waals surface area contributed by atoms with Gasteiger partial charge in [0.25, 0.3) is 0 Å². The van der Waals surface area contributed by atoms with Crippen molar-refractivity contribution in [2.45, 2.75) is 19.4 Å². The van der Waals surface area contributed by atoms with Crippen molar-refractivity contribution < 1.29 is 14.3 Å². The van der Waals surface area contributed by atoms with Crippen LogP contribution in [0.2, 0.25) is 0 Å². The largest absolute Gasteiger partial charge is 0.481 e. The van der Waals surface area contributed by atoms with E-state index < -0.39 is 12.6 Å². The van der Waals surface area contributed by atoms with Gasteiger partial charge in [-0.2, -0.15) is 5.10 Å². The number of carboxylic acid groups (broad SMARTS) is 1. The molecule has 13 heavy (non-hydrogen) atoms. The number of carbonyl (C=O) groups is 1. The Kier molecular flexibility index (Phi) is 3.42. The normalized spacial score (nSPS) is 10.2. The predicted octanol–water partition coefficient (Wildman–Crippen LogP) is 0.870. The quantitative estimate of drug-likeness (QED) is 0.742. The molecule has 0 saturated carbocycles. The molecule has 72 valence electrons. The van der Waals surface area contributed by atoms with E-state index in [0.29, 0.717) is 6.42 Å². The van der Waals surface area contributed by atoms with Crippen LogP contribution in [0, 0.1) is 0 Å². The summed E-state index contributed by atoms with van der Waals surface area (Å²) in [4.78, 5) is 10.3. The Morgan fingerprint density at radius 3 is 3.08 bits per heavy atom. The Balaban J connectivity index is 2.54. The molecule has 1 rings (SSSR count). The van der Waals surface area contributed by atoms with Crippen LogP contribution in [0.15, 0.2) is 12.3 Å². The number of halogens is 1. The van der Waals surface area contributed by atoms with Crippen LogP contribution in [-0.4, -0.2) is 27.5 Å². The molecule has 0 aliphatic rings. The molecule has 0 amide bonds. The van der Waals surface area contributed by atoms with Gasteiger partial charge in [-0.15, -0.1) is 0 Å². The van der Waals surface area contributed by atoms with Gasteiger partial charge < -0.3 is 5.11 Å². The zero-order valence-corrected chi connectivity index (χ0v) is 7.11. The number of rotatable bonds is 5. The number of hydrogen-bond donors (Lipinski definition) is 1. The first kappa shape index (κ1) is 9.70. The second kappa shape index (κ2) is 4.59. The molecule has 0 bridgehead atoms. The van der Waals surface area contributed by atoms with Gasteiger partial charge in [0.05, 0.1) is 13.0 Å². The molecule has 0 aliphatic carbocycles. The first-order valence-corrected chi connectivity index (χ1v) is 4.02. The summed E-state index contributed by atoms with van der Waals surface area (Å²) in [6.45, 7) is -0.288. The highest BCUT2D eigenvalue weighted by molar-refractivity contribution is 5.66. The van der Waals surface area contributed by atoms with Crippen LogP contribution in [0.1, 0.15) is 12.1 Å². The average Bonchev–Trinajstić information content (AvgIpc) is 2.49. The number of aromatic nitrogens is 2. The maximum atomic E-state index is 12.0. The average molecular weight is 186 g/mol. The Bertz CT molecular complexity index is 285. The Hall–Kier alpha value is -1.39. The summed E-state index contributed by atoms with van der Waals surface area (Å²) < 4.78 is 13.4. The molecule has 1 aromatic heterocycles. The highest BCUT2D eigenvalue weighted by Crippen LogP contribution is 2.02. The molecule has 1 heterocycles. The van der Waals surface area contributed by atoms with Crippen molar-refractivity contribution in [3.63, 3.8) is 0 Å². The van der Waals surface area contributed by atoms with Crippen molar-refractivity contribution in [1.82, 2.24) is 9.78 Å². The van der Waals surface area contributed by atoms with E-state index in [2.05, 4.69) is 5.10 Å².